The number of hydrogen-bond donors (Lipinski definition) is 2. The van der Waals surface area contributed by atoms with Crippen molar-refractivity contribution in [3.05, 3.63) is 41.1 Å². The largest absolute Gasteiger partial charge is 0.329 e. The molecule has 0 spiro atoms. The lowest BCUT2D eigenvalue weighted by Crippen LogP contribution is -2.32. The number of nitrogens with two attached hydrogens (primary N) is 1. The third kappa shape index (κ3) is 2.52. The molecule has 0 bridgehead atoms. The molecule has 0 saturated heterocycles. The molecule has 18 heavy (non-hydrogen) atoms. The summed E-state index contributed by atoms with van der Waals surface area (Å²) in [4.78, 5) is 4.63. The summed E-state index contributed by atoms with van der Waals surface area (Å²) in [5.74, 6) is 0. The lowest BCUT2D eigenvalue weighted by atomic mass is 10.0. The van der Waals surface area contributed by atoms with Crippen molar-refractivity contribution in [3.63, 3.8) is 0 Å². The minimum atomic E-state index is 0.330. The highest BCUT2D eigenvalue weighted by Crippen LogP contribution is 2.22. The van der Waals surface area contributed by atoms with E-state index in [9.17, 15) is 0 Å². The molecule has 3 heteroatoms. The Hall–Kier alpha value is -1.45. The van der Waals surface area contributed by atoms with Gasteiger partial charge in [-0.3, -0.25) is 4.98 Å². The topological polar surface area (TPSA) is 50.9 Å². The highest BCUT2D eigenvalue weighted by molar-refractivity contribution is 5.83. The Balaban J connectivity index is 2.43. The Morgan fingerprint density at radius 1 is 1.28 bits per heavy atom. The smallest absolute Gasteiger partial charge is 0.0708 e. The average molecular weight is 243 g/mol. The van der Waals surface area contributed by atoms with E-state index >= 15 is 0 Å². The fourth-order valence-electron chi connectivity index (χ4n) is 2.10. The van der Waals surface area contributed by atoms with Crippen LogP contribution in [-0.4, -0.2) is 17.6 Å². The predicted octanol–water partition coefficient (Wildman–Crippen LogP) is 2.29. The zero-order valence-electron chi connectivity index (χ0n) is 11.3. The van der Waals surface area contributed by atoms with Crippen LogP contribution in [0.25, 0.3) is 10.9 Å². The molecule has 0 saturated carbocycles. The molecule has 2 rings (SSSR count). The molecule has 1 aromatic carbocycles. The van der Waals surface area contributed by atoms with Crippen LogP contribution in [0.1, 0.15) is 23.7 Å². The number of pyridine rings is 1. The fraction of sp³-hybridized carbons (Fsp3) is 0.400. The molecule has 1 atom stereocenters. The van der Waals surface area contributed by atoms with E-state index in [4.69, 9.17) is 5.73 Å². The maximum absolute atomic E-state index is 5.64. The van der Waals surface area contributed by atoms with Gasteiger partial charge in [-0.1, -0.05) is 18.2 Å². The minimum Gasteiger partial charge on any atom is -0.329 e. The highest BCUT2D eigenvalue weighted by Gasteiger charge is 2.09. The van der Waals surface area contributed by atoms with Crippen molar-refractivity contribution in [2.75, 3.05) is 6.54 Å². The first-order chi connectivity index (χ1) is 8.63. The quantitative estimate of drug-likeness (QED) is 0.866. The van der Waals surface area contributed by atoms with Gasteiger partial charge in [-0.25, -0.2) is 0 Å². The van der Waals surface area contributed by atoms with Gasteiger partial charge in [-0.05, 0) is 38.0 Å². The van der Waals surface area contributed by atoms with Gasteiger partial charge in [-0.2, -0.15) is 0 Å². The van der Waals surface area contributed by atoms with Gasteiger partial charge < -0.3 is 11.1 Å². The monoisotopic (exact) mass is 243 g/mol. The molecule has 0 aliphatic rings. The summed E-state index contributed by atoms with van der Waals surface area (Å²) in [6, 6.07) is 8.63. The predicted molar refractivity (Wildman–Crippen MR) is 76.6 cm³/mol. The van der Waals surface area contributed by atoms with Gasteiger partial charge in [-0.15, -0.1) is 0 Å². The second-order valence-corrected chi connectivity index (χ2v) is 4.84. The standard InChI is InChI=1S/C15H21N3/c1-10(8-16)17-9-14-11(2)12(3)18-15-7-5-4-6-13(14)15/h4-7,10,17H,8-9,16H2,1-3H3/t10-/m0/s1. The van der Waals surface area contributed by atoms with Crippen LogP contribution in [0.4, 0.5) is 0 Å². The SMILES string of the molecule is Cc1nc2ccccc2c(CN[C@@H](C)CN)c1C. The molecule has 0 aliphatic carbocycles. The number of nitrogens with one attached hydrogen (secondary N) is 1. The van der Waals surface area contributed by atoms with Crippen molar-refractivity contribution < 1.29 is 0 Å². The number of nitrogens with zero attached hydrogens (tertiary/aromatic N) is 1. The van der Waals surface area contributed by atoms with Gasteiger partial charge in [0.1, 0.15) is 0 Å². The van der Waals surface area contributed by atoms with E-state index in [1.165, 1.54) is 16.5 Å². The highest BCUT2D eigenvalue weighted by atomic mass is 14.9. The normalized spacial score (nSPS) is 12.9. The Bertz CT molecular complexity index is 549. The van der Waals surface area contributed by atoms with Crippen LogP contribution in [-0.2, 0) is 6.54 Å². The van der Waals surface area contributed by atoms with Gasteiger partial charge in [0.25, 0.3) is 0 Å². The molecule has 0 fully saturated rings. The second kappa shape index (κ2) is 5.46. The molecule has 0 radical (unpaired) electrons. The summed E-state index contributed by atoms with van der Waals surface area (Å²) < 4.78 is 0. The van der Waals surface area contributed by atoms with Crippen molar-refractivity contribution in [2.45, 2.75) is 33.4 Å². The van der Waals surface area contributed by atoms with Gasteiger partial charge in [0.05, 0.1) is 5.52 Å². The van der Waals surface area contributed by atoms with Crippen molar-refractivity contribution in [3.8, 4) is 0 Å². The summed E-state index contributed by atoms with van der Waals surface area (Å²) in [5.41, 5.74) is 10.4. The van der Waals surface area contributed by atoms with E-state index in [2.05, 4.69) is 49.3 Å². The third-order valence-corrected chi connectivity index (χ3v) is 3.49. The van der Waals surface area contributed by atoms with Crippen molar-refractivity contribution in [2.24, 2.45) is 5.73 Å². The van der Waals surface area contributed by atoms with E-state index in [1.807, 2.05) is 6.07 Å². The van der Waals surface area contributed by atoms with Crippen LogP contribution in [0.3, 0.4) is 0 Å². The molecule has 1 heterocycles. The Morgan fingerprint density at radius 3 is 2.72 bits per heavy atom. The van der Waals surface area contributed by atoms with Crippen molar-refractivity contribution in [1.82, 2.24) is 10.3 Å². The summed E-state index contributed by atoms with van der Waals surface area (Å²) in [6.45, 7) is 7.80. The first-order valence-electron chi connectivity index (χ1n) is 6.41. The zero-order valence-corrected chi connectivity index (χ0v) is 11.3. The number of para-hydroxylation sites is 1. The number of benzene rings is 1. The summed E-state index contributed by atoms with van der Waals surface area (Å²) in [7, 11) is 0. The van der Waals surface area contributed by atoms with Crippen LogP contribution >= 0.6 is 0 Å². The molecule has 0 aliphatic heterocycles. The van der Waals surface area contributed by atoms with E-state index in [0.29, 0.717) is 12.6 Å². The van der Waals surface area contributed by atoms with Crippen LogP contribution < -0.4 is 11.1 Å². The van der Waals surface area contributed by atoms with E-state index in [-0.39, 0.29) is 0 Å². The van der Waals surface area contributed by atoms with Crippen molar-refractivity contribution >= 4 is 10.9 Å². The van der Waals surface area contributed by atoms with E-state index in [1.54, 1.807) is 0 Å². The van der Waals surface area contributed by atoms with Gasteiger partial charge in [0.2, 0.25) is 0 Å². The number of fused-ring (bicyclic) bond motifs is 1. The minimum absolute atomic E-state index is 0.330. The van der Waals surface area contributed by atoms with Crippen LogP contribution in [0.2, 0.25) is 0 Å². The van der Waals surface area contributed by atoms with Crippen molar-refractivity contribution in [1.29, 1.82) is 0 Å². The number of aryl methyl sites for hydroxylation is 1. The van der Waals surface area contributed by atoms with E-state index in [0.717, 1.165) is 17.8 Å². The van der Waals surface area contributed by atoms with Crippen LogP contribution in [0.15, 0.2) is 24.3 Å². The molecule has 0 unspecified atom stereocenters. The lowest BCUT2D eigenvalue weighted by Gasteiger charge is -2.16. The lowest BCUT2D eigenvalue weighted by molar-refractivity contribution is 0.556. The average Bonchev–Trinajstić information content (AvgIpc) is 2.39. The molecule has 2 aromatic rings. The maximum atomic E-state index is 5.64. The summed E-state index contributed by atoms with van der Waals surface area (Å²) in [5, 5.41) is 4.69. The number of hydrogen-bond acceptors (Lipinski definition) is 3. The first-order valence-corrected chi connectivity index (χ1v) is 6.41. The summed E-state index contributed by atoms with van der Waals surface area (Å²) >= 11 is 0. The Morgan fingerprint density at radius 2 is 2.00 bits per heavy atom. The molecular formula is C15H21N3. The van der Waals surface area contributed by atoms with Gasteiger partial charge in [0, 0.05) is 30.2 Å². The third-order valence-electron chi connectivity index (χ3n) is 3.49. The van der Waals surface area contributed by atoms with Gasteiger partial charge in [0.15, 0.2) is 0 Å². The number of rotatable bonds is 4. The molecular weight excluding hydrogens is 222 g/mol. The zero-order chi connectivity index (χ0) is 13.1. The molecule has 96 valence electrons. The first kappa shape index (κ1) is 13.0. The fourth-order valence-corrected chi connectivity index (χ4v) is 2.10. The van der Waals surface area contributed by atoms with Crippen LogP contribution in [0.5, 0.6) is 0 Å². The maximum Gasteiger partial charge on any atom is 0.0708 e. The number of aromatic nitrogens is 1. The molecule has 1 aromatic heterocycles. The molecule has 0 amide bonds. The Labute approximate surface area is 108 Å². The summed E-state index contributed by atoms with van der Waals surface area (Å²) in [6.07, 6.45) is 0. The second-order valence-electron chi connectivity index (χ2n) is 4.84. The van der Waals surface area contributed by atoms with Gasteiger partial charge >= 0.3 is 0 Å². The van der Waals surface area contributed by atoms with E-state index < -0.39 is 0 Å². The molecule has 3 N–H and O–H groups in total. The molecule has 3 nitrogen and oxygen atoms in total. The Kier molecular flexibility index (Phi) is 3.94. The van der Waals surface area contributed by atoms with Crippen LogP contribution in [0, 0.1) is 13.8 Å².